The van der Waals surface area contributed by atoms with E-state index in [1.54, 1.807) is 13.8 Å². The van der Waals surface area contributed by atoms with Gasteiger partial charge in [-0.25, -0.2) is 9.67 Å². The normalized spacial score (nSPS) is 10.5. The minimum atomic E-state index is -0.532. The van der Waals surface area contributed by atoms with Crippen molar-refractivity contribution >= 4 is 11.5 Å². The third-order valence-electron chi connectivity index (χ3n) is 2.67. The average molecular weight is 260 g/mol. The smallest absolute Gasteiger partial charge is 0.270 e. The molecule has 7 nitrogen and oxygen atoms in total. The van der Waals surface area contributed by atoms with Crippen molar-refractivity contribution in [2.75, 3.05) is 0 Å². The minimum absolute atomic E-state index is 0.122. The second-order valence-corrected chi connectivity index (χ2v) is 4.13. The quantitative estimate of drug-likeness (QED) is 0.478. The van der Waals surface area contributed by atoms with Crippen LogP contribution < -0.4 is 0 Å². The van der Waals surface area contributed by atoms with Gasteiger partial charge in [0.15, 0.2) is 5.78 Å². The summed E-state index contributed by atoms with van der Waals surface area (Å²) in [6.07, 6.45) is 0. The highest BCUT2D eigenvalue weighted by molar-refractivity contribution is 5.98. The topological polar surface area (TPSA) is 90.9 Å². The van der Waals surface area contributed by atoms with Gasteiger partial charge < -0.3 is 0 Å². The Balaban J connectivity index is 2.66. The van der Waals surface area contributed by atoms with Crippen LogP contribution in [0.1, 0.15) is 28.9 Å². The zero-order valence-electron chi connectivity index (χ0n) is 10.7. The summed E-state index contributed by atoms with van der Waals surface area (Å²) in [7, 11) is 0. The number of ketones is 1. The number of non-ortho nitro benzene ring substituents is 1. The Kier molecular flexibility index (Phi) is 3.12. The number of aryl methyl sites for hydroxylation is 2. The summed E-state index contributed by atoms with van der Waals surface area (Å²) in [6, 6.07) is 4.11. The van der Waals surface area contributed by atoms with Gasteiger partial charge in [-0.3, -0.25) is 14.9 Å². The number of carbonyl (C=O) groups excluding carboxylic acids is 1. The Morgan fingerprint density at radius 2 is 2.05 bits per heavy atom. The molecule has 0 saturated carbocycles. The van der Waals surface area contributed by atoms with Crippen LogP contribution in [-0.2, 0) is 0 Å². The van der Waals surface area contributed by atoms with Crippen LogP contribution in [0.15, 0.2) is 18.2 Å². The van der Waals surface area contributed by atoms with E-state index in [2.05, 4.69) is 10.1 Å². The summed E-state index contributed by atoms with van der Waals surface area (Å²) >= 11 is 0. The summed E-state index contributed by atoms with van der Waals surface area (Å²) in [6.45, 7) is 4.86. The van der Waals surface area contributed by atoms with Gasteiger partial charge in [0, 0.05) is 17.7 Å². The number of Topliss-reactive ketones (excluding diaryl/α,β-unsaturated/α-hetero) is 1. The fourth-order valence-electron chi connectivity index (χ4n) is 1.85. The van der Waals surface area contributed by atoms with Crippen molar-refractivity contribution < 1.29 is 9.72 Å². The first-order valence-corrected chi connectivity index (χ1v) is 5.60. The van der Waals surface area contributed by atoms with Crippen LogP contribution in [0.3, 0.4) is 0 Å². The van der Waals surface area contributed by atoms with E-state index in [4.69, 9.17) is 0 Å². The van der Waals surface area contributed by atoms with Gasteiger partial charge in [-0.1, -0.05) is 0 Å². The number of hydrogen-bond acceptors (Lipinski definition) is 5. The molecule has 98 valence electrons. The second kappa shape index (κ2) is 4.60. The first kappa shape index (κ1) is 12.9. The number of rotatable bonds is 3. The number of carbonyl (C=O) groups is 1. The fraction of sp³-hybridized carbons (Fsp3) is 0.250. The van der Waals surface area contributed by atoms with Crippen LogP contribution in [0.5, 0.6) is 0 Å². The standard InChI is InChI=1S/C12H12N4O3/c1-7(17)11-6-10(16(18)19)4-5-12(11)15-9(3)13-8(2)14-15/h4-6H,1-3H3. The van der Waals surface area contributed by atoms with Gasteiger partial charge in [-0.2, -0.15) is 5.10 Å². The zero-order chi connectivity index (χ0) is 14.2. The molecule has 7 heteroatoms. The van der Waals surface area contributed by atoms with E-state index in [1.165, 1.54) is 29.8 Å². The molecule has 2 rings (SSSR count). The van der Waals surface area contributed by atoms with Crippen molar-refractivity contribution in [2.45, 2.75) is 20.8 Å². The third kappa shape index (κ3) is 2.35. The molecule has 0 N–H and O–H groups in total. The highest BCUT2D eigenvalue weighted by Gasteiger charge is 2.17. The van der Waals surface area contributed by atoms with Crippen LogP contribution >= 0.6 is 0 Å². The van der Waals surface area contributed by atoms with Crippen molar-refractivity contribution in [3.05, 3.63) is 45.5 Å². The van der Waals surface area contributed by atoms with E-state index in [1.807, 2.05) is 0 Å². The predicted octanol–water partition coefficient (Wildman–Crippen LogP) is 1.99. The lowest BCUT2D eigenvalue weighted by atomic mass is 10.1. The van der Waals surface area contributed by atoms with Crippen molar-refractivity contribution in [3.8, 4) is 5.69 Å². The molecule has 0 unspecified atom stereocenters. The Morgan fingerprint density at radius 3 is 2.53 bits per heavy atom. The van der Waals surface area contributed by atoms with Gasteiger partial charge in [0.2, 0.25) is 0 Å². The van der Waals surface area contributed by atoms with Gasteiger partial charge in [0.25, 0.3) is 5.69 Å². The SMILES string of the molecule is CC(=O)c1cc([N+](=O)[O-])ccc1-n1nc(C)nc1C. The van der Waals surface area contributed by atoms with E-state index in [0.717, 1.165) is 0 Å². The van der Waals surface area contributed by atoms with E-state index in [9.17, 15) is 14.9 Å². The molecule has 0 aliphatic rings. The van der Waals surface area contributed by atoms with E-state index in [-0.39, 0.29) is 17.0 Å². The van der Waals surface area contributed by atoms with Gasteiger partial charge in [-0.05, 0) is 26.8 Å². The molecule has 0 atom stereocenters. The van der Waals surface area contributed by atoms with Crippen molar-refractivity contribution in [3.63, 3.8) is 0 Å². The number of aromatic nitrogens is 3. The summed E-state index contributed by atoms with van der Waals surface area (Å²) in [5.74, 6) is 0.936. The number of benzene rings is 1. The fourth-order valence-corrected chi connectivity index (χ4v) is 1.85. The molecular formula is C12H12N4O3. The molecule has 0 radical (unpaired) electrons. The lowest BCUT2D eigenvalue weighted by Gasteiger charge is -2.07. The molecule has 19 heavy (non-hydrogen) atoms. The highest BCUT2D eigenvalue weighted by Crippen LogP contribution is 2.22. The Bertz CT molecular complexity index is 676. The van der Waals surface area contributed by atoms with Crippen LogP contribution in [-0.4, -0.2) is 25.5 Å². The number of nitro groups is 1. The number of hydrogen-bond donors (Lipinski definition) is 0. The van der Waals surface area contributed by atoms with Gasteiger partial charge in [0.05, 0.1) is 10.6 Å². The molecule has 0 saturated heterocycles. The van der Waals surface area contributed by atoms with E-state index >= 15 is 0 Å². The highest BCUT2D eigenvalue weighted by atomic mass is 16.6. The molecule has 2 aromatic rings. The monoisotopic (exact) mass is 260 g/mol. The molecule has 0 aliphatic carbocycles. The lowest BCUT2D eigenvalue weighted by molar-refractivity contribution is -0.384. The maximum absolute atomic E-state index is 11.6. The molecule has 0 aliphatic heterocycles. The summed E-state index contributed by atoms with van der Waals surface area (Å²) in [5, 5.41) is 14.9. The Hall–Kier alpha value is -2.57. The van der Waals surface area contributed by atoms with Crippen LogP contribution in [0.25, 0.3) is 5.69 Å². The Morgan fingerprint density at radius 1 is 1.37 bits per heavy atom. The van der Waals surface area contributed by atoms with Crippen molar-refractivity contribution in [1.29, 1.82) is 0 Å². The Labute approximate surface area is 109 Å². The van der Waals surface area contributed by atoms with Crippen LogP contribution in [0, 0.1) is 24.0 Å². The lowest BCUT2D eigenvalue weighted by Crippen LogP contribution is -2.07. The number of nitrogens with zero attached hydrogens (tertiary/aromatic N) is 4. The van der Waals surface area contributed by atoms with Gasteiger partial charge in [-0.15, -0.1) is 0 Å². The first-order chi connectivity index (χ1) is 8.90. The van der Waals surface area contributed by atoms with Crippen LogP contribution in [0.4, 0.5) is 5.69 Å². The second-order valence-electron chi connectivity index (χ2n) is 4.13. The van der Waals surface area contributed by atoms with Crippen molar-refractivity contribution in [1.82, 2.24) is 14.8 Å². The van der Waals surface area contributed by atoms with Crippen molar-refractivity contribution in [2.24, 2.45) is 0 Å². The summed E-state index contributed by atoms with van der Waals surface area (Å²) in [4.78, 5) is 26.0. The largest absolute Gasteiger partial charge is 0.294 e. The first-order valence-electron chi connectivity index (χ1n) is 5.60. The molecule has 0 bridgehead atoms. The maximum atomic E-state index is 11.6. The third-order valence-corrected chi connectivity index (χ3v) is 2.67. The predicted molar refractivity (Wildman–Crippen MR) is 67.5 cm³/mol. The molecule has 0 spiro atoms. The number of nitro benzene ring substituents is 1. The summed E-state index contributed by atoms with van der Waals surface area (Å²) in [5.41, 5.74) is 0.627. The maximum Gasteiger partial charge on any atom is 0.270 e. The molecule has 1 heterocycles. The minimum Gasteiger partial charge on any atom is -0.294 e. The zero-order valence-corrected chi connectivity index (χ0v) is 10.7. The average Bonchev–Trinajstić information content (AvgIpc) is 2.67. The van der Waals surface area contributed by atoms with E-state index < -0.39 is 4.92 Å². The molecule has 1 aromatic heterocycles. The van der Waals surface area contributed by atoms with Gasteiger partial charge in [0.1, 0.15) is 11.6 Å². The van der Waals surface area contributed by atoms with Gasteiger partial charge >= 0.3 is 0 Å². The molecule has 1 aromatic carbocycles. The molecular weight excluding hydrogens is 248 g/mol. The summed E-state index contributed by atoms with van der Waals surface area (Å²) < 4.78 is 1.51. The molecule has 0 fully saturated rings. The van der Waals surface area contributed by atoms with E-state index in [0.29, 0.717) is 17.3 Å². The van der Waals surface area contributed by atoms with Crippen LogP contribution in [0.2, 0.25) is 0 Å². The molecule has 0 amide bonds.